The molecule has 0 aliphatic carbocycles. The number of benzene rings is 2. The summed E-state index contributed by atoms with van der Waals surface area (Å²) < 4.78 is 23.3. The van der Waals surface area contributed by atoms with E-state index in [1.54, 1.807) is 19.1 Å². The number of aromatic hydroxyl groups is 1. The van der Waals surface area contributed by atoms with Gasteiger partial charge in [-0.25, -0.2) is 4.79 Å². The maximum atomic E-state index is 12.3. The maximum Gasteiger partial charge on any atom is 0.349 e. The first-order valence-corrected chi connectivity index (χ1v) is 12.8. The van der Waals surface area contributed by atoms with Crippen LogP contribution in [0.1, 0.15) is 80.4 Å². The van der Waals surface area contributed by atoms with E-state index in [9.17, 15) is 14.7 Å². The van der Waals surface area contributed by atoms with Gasteiger partial charge in [-0.05, 0) is 56.9 Å². The molecule has 0 radical (unpaired) electrons. The van der Waals surface area contributed by atoms with Crippen molar-refractivity contribution in [1.29, 1.82) is 0 Å². The van der Waals surface area contributed by atoms with Crippen LogP contribution in [0.2, 0.25) is 0 Å². The summed E-state index contributed by atoms with van der Waals surface area (Å²) in [5, 5.41) is 10.5. The number of esters is 1. The van der Waals surface area contributed by atoms with Gasteiger partial charge in [0.05, 0.1) is 25.9 Å². The molecule has 0 aromatic heterocycles. The topological polar surface area (TPSA) is 91.3 Å². The fourth-order valence-electron chi connectivity index (χ4n) is 4.57. The molecule has 0 amide bonds. The number of rotatable bonds is 12. The third-order valence-electron chi connectivity index (χ3n) is 6.54. The van der Waals surface area contributed by atoms with Crippen LogP contribution in [0.3, 0.4) is 0 Å². The normalized spacial score (nSPS) is 16.6. The van der Waals surface area contributed by atoms with Crippen LogP contribution in [0.4, 0.5) is 0 Å². The molecular weight excluding hydrogens is 460 g/mol. The van der Waals surface area contributed by atoms with Crippen LogP contribution in [0, 0.1) is 0 Å². The fraction of sp³-hybridized carbons (Fsp3) is 0.517. The Kier molecular flexibility index (Phi) is 9.24. The first-order valence-electron chi connectivity index (χ1n) is 12.8. The molecule has 7 heteroatoms. The quantitative estimate of drug-likeness (QED) is 0.231. The molecular formula is C29H38O7. The van der Waals surface area contributed by atoms with E-state index in [1.165, 1.54) is 14.0 Å². The van der Waals surface area contributed by atoms with Crippen molar-refractivity contribution in [3.63, 3.8) is 0 Å². The number of methoxy groups -OCH3 is 1. The van der Waals surface area contributed by atoms with Gasteiger partial charge in [0.2, 0.25) is 5.60 Å². The lowest BCUT2D eigenvalue weighted by Crippen LogP contribution is -2.45. The monoisotopic (exact) mass is 498 g/mol. The molecule has 1 unspecified atom stereocenters. The Labute approximate surface area is 213 Å². The molecule has 0 saturated carbocycles. The number of phenolic OH excluding ortho intramolecular Hbond substituents is 1. The second-order valence-electron chi connectivity index (χ2n) is 9.40. The molecule has 1 atom stereocenters. The molecule has 0 fully saturated rings. The molecule has 2 aromatic carbocycles. The zero-order valence-corrected chi connectivity index (χ0v) is 22.1. The average molecular weight is 499 g/mol. The highest BCUT2D eigenvalue weighted by molar-refractivity contribution is 5.97. The molecule has 196 valence electrons. The standard InChI is InChI=1S/C29H38O7/c1-6-9-22-24(14-12-21(19(3)30)26(22)31)34-17-8-18-35-25-13-11-20-15-16-29(4,28(32)33-5)36-27(20)23(25)10-7-2/h11-14,31H,6-10,15-18H2,1-5H3. The largest absolute Gasteiger partial charge is 0.507 e. The van der Waals surface area contributed by atoms with Crippen LogP contribution >= 0.6 is 0 Å². The Hall–Kier alpha value is -3.22. The van der Waals surface area contributed by atoms with Crippen molar-refractivity contribution in [3.8, 4) is 23.0 Å². The Morgan fingerprint density at radius 3 is 2.22 bits per heavy atom. The van der Waals surface area contributed by atoms with Crippen molar-refractivity contribution in [2.45, 2.75) is 78.2 Å². The van der Waals surface area contributed by atoms with E-state index >= 15 is 0 Å². The van der Waals surface area contributed by atoms with Gasteiger partial charge in [0.15, 0.2) is 5.78 Å². The molecule has 7 nitrogen and oxygen atoms in total. The summed E-state index contributed by atoms with van der Waals surface area (Å²) in [4.78, 5) is 24.1. The number of ether oxygens (including phenoxy) is 4. The number of fused-ring (bicyclic) bond motifs is 1. The number of carbonyl (C=O) groups excluding carboxylic acids is 2. The van der Waals surface area contributed by atoms with Crippen LogP contribution in [0.15, 0.2) is 24.3 Å². The van der Waals surface area contributed by atoms with E-state index in [0.29, 0.717) is 49.4 Å². The van der Waals surface area contributed by atoms with E-state index in [2.05, 4.69) is 6.92 Å². The van der Waals surface area contributed by atoms with Crippen LogP contribution in [-0.2, 0) is 28.8 Å². The Bertz CT molecular complexity index is 1090. The summed E-state index contributed by atoms with van der Waals surface area (Å²) in [7, 11) is 1.38. The zero-order valence-electron chi connectivity index (χ0n) is 22.1. The first-order chi connectivity index (χ1) is 17.3. The highest BCUT2D eigenvalue weighted by Gasteiger charge is 2.41. The SMILES string of the molecule is CCCc1c(OCCCOc2ccc3c(c2CCC)OC(C)(C(=O)OC)CC3)ccc(C(C)=O)c1O. The zero-order chi connectivity index (χ0) is 26.3. The lowest BCUT2D eigenvalue weighted by Gasteiger charge is -2.35. The number of carbonyl (C=O) groups is 2. The molecule has 1 aliphatic rings. The van der Waals surface area contributed by atoms with Crippen molar-refractivity contribution in [2.75, 3.05) is 20.3 Å². The average Bonchev–Trinajstić information content (AvgIpc) is 2.86. The minimum atomic E-state index is -1.00. The highest BCUT2D eigenvalue weighted by Crippen LogP contribution is 2.41. The molecule has 1 heterocycles. The summed E-state index contributed by atoms with van der Waals surface area (Å²) in [6, 6.07) is 7.34. The lowest BCUT2D eigenvalue weighted by atomic mass is 9.90. The van der Waals surface area contributed by atoms with Crippen LogP contribution < -0.4 is 14.2 Å². The summed E-state index contributed by atoms with van der Waals surface area (Å²) in [5.41, 5.74) is 2.02. The van der Waals surface area contributed by atoms with Crippen LogP contribution in [0.5, 0.6) is 23.0 Å². The summed E-state index contributed by atoms with van der Waals surface area (Å²) >= 11 is 0. The molecule has 36 heavy (non-hydrogen) atoms. The fourth-order valence-corrected chi connectivity index (χ4v) is 4.57. The number of Topliss-reactive ketones (excluding diaryl/α,β-unsaturated/α-hetero) is 1. The van der Waals surface area contributed by atoms with Gasteiger partial charge in [-0.3, -0.25) is 4.79 Å². The number of ketones is 1. The molecule has 3 rings (SSSR count). The highest BCUT2D eigenvalue weighted by atomic mass is 16.6. The van der Waals surface area contributed by atoms with Gasteiger partial charge in [0.1, 0.15) is 23.0 Å². The summed E-state index contributed by atoms with van der Waals surface area (Å²) in [5.74, 6) is 1.54. The molecule has 2 aromatic rings. The van der Waals surface area contributed by atoms with Crippen molar-refractivity contribution >= 4 is 11.8 Å². The van der Waals surface area contributed by atoms with E-state index in [0.717, 1.165) is 48.3 Å². The third-order valence-corrected chi connectivity index (χ3v) is 6.54. The van der Waals surface area contributed by atoms with Gasteiger partial charge in [0.25, 0.3) is 0 Å². The summed E-state index contributed by atoms with van der Waals surface area (Å²) in [6.45, 7) is 8.17. The van der Waals surface area contributed by atoms with E-state index in [4.69, 9.17) is 18.9 Å². The molecule has 1 aliphatic heterocycles. The lowest BCUT2D eigenvalue weighted by molar-refractivity contribution is -0.159. The van der Waals surface area contributed by atoms with Crippen molar-refractivity contribution in [1.82, 2.24) is 0 Å². The van der Waals surface area contributed by atoms with E-state index in [-0.39, 0.29) is 17.5 Å². The van der Waals surface area contributed by atoms with Crippen molar-refractivity contribution in [3.05, 3.63) is 46.5 Å². The number of hydrogen-bond donors (Lipinski definition) is 1. The Morgan fingerprint density at radius 2 is 1.61 bits per heavy atom. The van der Waals surface area contributed by atoms with Gasteiger partial charge in [-0.15, -0.1) is 0 Å². The predicted octanol–water partition coefficient (Wildman–Crippen LogP) is 5.60. The van der Waals surface area contributed by atoms with Crippen LogP contribution in [0.25, 0.3) is 0 Å². The number of phenols is 1. The van der Waals surface area contributed by atoms with Gasteiger partial charge < -0.3 is 24.1 Å². The third kappa shape index (κ3) is 5.94. The summed E-state index contributed by atoms with van der Waals surface area (Å²) in [6.07, 6.45) is 5.06. The minimum Gasteiger partial charge on any atom is -0.507 e. The van der Waals surface area contributed by atoms with E-state index < -0.39 is 5.60 Å². The van der Waals surface area contributed by atoms with Gasteiger partial charge in [-0.1, -0.05) is 32.8 Å². The van der Waals surface area contributed by atoms with Gasteiger partial charge in [-0.2, -0.15) is 0 Å². The van der Waals surface area contributed by atoms with Crippen molar-refractivity contribution < 1.29 is 33.6 Å². The molecule has 0 spiro atoms. The van der Waals surface area contributed by atoms with Crippen LogP contribution in [-0.4, -0.2) is 42.8 Å². The van der Waals surface area contributed by atoms with E-state index in [1.807, 2.05) is 19.1 Å². The molecule has 0 saturated heterocycles. The molecule has 1 N–H and O–H groups in total. The second-order valence-corrected chi connectivity index (χ2v) is 9.40. The molecule has 0 bridgehead atoms. The van der Waals surface area contributed by atoms with Crippen molar-refractivity contribution in [2.24, 2.45) is 0 Å². The predicted molar refractivity (Wildman–Crippen MR) is 138 cm³/mol. The van der Waals surface area contributed by atoms with Gasteiger partial charge >= 0.3 is 5.97 Å². The van der Waals surface area contributed by atoms with Gasteiger partial charge in [0, 0.05) is 24.0 Å². The first kappa shape index (κ1) is 27.4. The Morgan fingerprint density at radius 1 is 1.00 bits per heavy atom. The number of aryl methyl sites for hydroxylation is 1. The second kappa shape index (κ2) is 12.2. The number of hydrogen-bond acceptors (Lipinski definition) is 7. The Balaban J connectivity index is 1.67. The maximum absolute atomic E-state index is 12.3. The smallest absolute Gasteiger partial charge is 0.349 e. The minimum absolute atomic E-state index is 0.00956.